The molecule has 0 aliphatic heterocycles. The van der Waals surface area contributed by atoms with Crippen molar-refractivity contribution in [2.45, 2.75) is 32.2 Å². The number of hydrogen-bond acceptors (Lipinski definition) is 5. The summed E-state index contributed by atoms with van der Waals surface area (Å²) in [7, 11) is -3.69. The molecule has 0 aliphatic rings. The quantitative estimate of drug-likeness (QED) is 0.839. The minimum absolute atomic E-state index is 0.0775. The monoisotopic (exact) mass is 329 g/mol. The van der Waals surface area contributed by atoms with E-state index in [-0.39, 0.29) is 17.1 Å². The Hall–Kier alpha value is -1.57. The van der Waals surface area contributed by atoms with E-state index in [1.165, 1.54) is 12.1 Å². The first kappa shape index (κ1) is 15.8. The van der Waals surface area contributed by atoms with Crippen LogP contribution in [0.4, 0.5) is 5.69 Å². The topological polar surface area (TPSA) is 98.2 Å². The van der Waals surface area contributed by atoms with Crippen LogP contribution in [0.2, 0.25) is 5.02 Å². The Bertz CT molecular complexity index is 741. The van der Waals surface area contributed by atoms with Crippen molar-refractivity contribution in [3.8, 4) is 0 Å². The summed E-state index contributed by atoms with van der Waals surface area (Å²) in [5.74, 6) is 0.585. The zero-order valence-electron chi connectivity index (χ0n) is 11.9. The van der Waals surface area contributed by atoms with Crippen LogP contribution in [-0.4, -0.2) is 13.6 Å². The second-order valence-corrected chi connectivity index (χ2v) is 6.92. The zero-order valence-corrected chi connectivity index (χ0v) is 13.5. The number of halogens is 1. The van der Waals surface area contributed by atoms with Gasteiger partial charge >= 0.3 is 0 Å². The third kappa shape index (κ3) is 3.20. The SMILES string of the molecule is Cc1cc(S(=O)(=O)NCc2c(C)noc2C)cc(N)c1Cl. The first-order chi connectivity index (χ1) is 9.72. The van der Waals surface area contributed by atoms with Gasteiger partial charge in [0.2, 0.25) is 10.0 Å². The molecule has 1 aromatic heterocycles. The predicted octanol–water partition coefficient (Wildman–Crippen LogP) is 2.31. The van der Waals surface area contributed by atoms with E-state index in [1.807, 2.05) is 0 Å². The van der Waals surface area contributed by atoms with Gasteiger partial charge in [-0.3, -0.25) is 0 Å². The number of aryl methyl sites for hydroxylation is 3. The Labute approximate surface area is 128 Å². The fourth-order valence-electron chi connectivity index (χ4n) is 1.92. The number of nitrogens with two attached hydrogens (primary N) is 1. The Morgan fingerprint density at radius 3 is 2.52 bits per heavy atom. The van der Waals surface area contributed by atoms with Crippen molar-refractivity contribution in [3.63, 3.8) is 0 Å². The molecule has 0 spiro atoms. The number of nitrogens with zero attached hydrogens (tertiary/aromatic N) is 1. The smallest absolute Gasteiger partial charge is 0.240 e. The molecule has 6 nitrogen and oxygen atoms in total. The van der Waals surface area contributed by atoms with Gasteiger partial charge in [0.05, 0.1) is 21.3 Å². The number of sulfonamides is 1. The molecule has 1 heterocycles. The lowest BCUT2D eigenvalue weighted by Crippen LogP contribution is -2.24. The van der Waals surface area contributed by atoms with E-state index in [0.29, 0.717) is 22.0 Å². The van der Waals surface area contributed by atoms with Gasteiger partial charge in [0, 0.05) is 12.1 Å². The fourth-order valence-corrected chi connectivity index (χ4v) is 3.15. The number of rotatable bonds is 4. The van der Waals surface area contributed by atoms with Crippen LogP contribution in [0.5, 0.6) is 0 Å². The lowest BCUT2D eigenvalue weighted by molar-refractivity contribution is 0.392. The second-order valence-electron chi connectivity index (χ2n) is 4.77. The van der Waals surface area contributed by atoms with Crippen molar-refractivity contribution in [2.75, 3.05) is 5.73 Å². The number of anilines is 1. The largest absolute Gasteiger partial charge is 0.397 e. The molecule has 0 radical (unpaired) electrons. The Balaban J connectivity index is 2.27. The van der Waals surface area contributed by atoms with E-state index in [1.54, 1.807) is 20.8 Å². The maximum absolute atomic E-state index is 12.3. The molecule has 0 saturated carbocycles. The lowest BCUT2D eigenvalue weighted by atomic mass is 10.2. The van der Waals surface area contributed by atoms with E-state index in [4.69, 9.17) is 21.9 Å². The number of hydrogen-bond donors (Lipinski definition) is 2. The molecular formula is C13H16ClN3O3S. The molecule has 114 valence electrons. The van der Waals surface area contributed by atoms with Crippen molar-refractivity contribution in [3.05, 3.63) is 39.7 Å². The van der Waals surface area contributed by atoms with Gasteiger partial charge in [-0.2, -0.15) is 0 Å². The van der Waals surface area contributed by atoms with Crippen molar-refractivity contribution in [1.82, 2.24) is 9.88 Å². The summed E-state index contributed by atoms with van der Waals surface area (Å²) in [6.45, 7) is 5.29. The molecule has 8 heteroatoms. The first-order valence-electron chi connectivity index (χ1n) is 6.19. The molecule has 0 fully saturated rings. The van der Waals surface area contributed by atoms with E-state index in [9.17, 15) is 8.42 Å². The van der Waals surface area contributed by atoms with E-state index in [2.05, 4.69) is 9.88 Å². The van der Waals surface area contributed by atoms with Gasteiger partial charge < -0.3 is 10.3 Å². The molecular weight excluding hydrogens is 314 g/mol. The molecule has 2 rings (SSSR count). The van der Waals surface area contributed by atoms with Crippen LogP contribution in [0.1, 0.15) is 22.6 Å². The minimum atomic E-state index is -3.69. The van der Waals surface area contributed by atoms with Gasteiger partial charge in [-0.25, -0.2) is 13.1 Å². The molecule has 2 aromatic rings. The average molecular weight is 330 g/mol. The Kier molecular flexibility index (Phi) is 4.27. The first-order valence-corrected chi connectivity index (χ1v) is 8.05. The van der Waals surface area contributed by atoms with Crippen LogP contribution in [-0.2, 0) is 16.6 Å². The molecule has 0 unspecified atom stereocenters. The maximum atomic E-state index is 12.3. The van der Waals surface area contributed by atoms with Gasteiger partial charge in [0.25, 0.3) is 0 Å². The third-order valence-corrected chi connectivity index (χ3v) is 5.08. The Morgan fingerprint density at radius 2 is 2.00 bits per heavy atom. The molecule has 0 amide bonds. The van der Waals surface area contributed by atoms with Gasteiger partial charge in [0.1, 0.15) is 5.76 Å². The summed E-state index contributed by atoms with van der Waals surface area (Å²) in [6.07, 6.45) is 0. The summed E-state index contributed by atoms with van der Waals surface area (Å²) in [4.78, 5) is 0.0775. The van der Waals surface area contributed by atoms with Crippen LogP contribution in [0.3, 0.4) is 0 Å². The maximum Gasteiger partial charge on any atom is 0.240 e. The van der Waals surface area contributed by atoms with Gasteiger partial charge in [-0.05, 0) is 38.5 Å². The van der Waals surface area contributed by atoms with Gasteiger partial charge in [0.15, 0.2) is 0 Å². The highest BCUT2D eigenvalue weighted by Crippen LogP contribution is 2.27. The summed E-state index contributed by atoms with van der Waals surface area (Å²) in [5.41, 5.74) is 7.92. The molecule has 1 aromatic carbocycles. The normalized spacial score (nSPS) is 11.8. The summed E-state index contributed by atoms with van der Waals surface area (Å²) in [5, 5.41) is 4.14. The predicted molar refractivity (Wildman–Crippen MR) is 80.6 cm³/mol. The minimum Gasteiger partial charge on any atom is -0.397 e. The van der Waals surface area contributed by atoms with Crippen molar-refractivity contribution < 1.29 is 12.9 Å². The van der Waals surface area contributed by atoms with Crippen molar-refractivity contribution in [2.24, 2.45) is 0 Å². The van der Waals surface area contributed by atoms with E-state index < -0.39 is 10.0 Å². The van der Waals surface area contributed by atoms with Crippen LogP contribution in [0.25, 0.3) is 0 Å². The highest BCUT2D eigenvalue weighted by Gasteiger charge is 2.18. The molecule has 0 saturated heterocycles. The van der Waals surface area contributed by atoms with Gasteiger partial charge in [-0.15, -0.1) is 0 Å². The number of benzene rings is 1. The average Bonchev–Trinajstić information content (AvgIpc) is 2.72. The number of nitrogens with one attached hydrogen (secondary N) is 1. The van der Waals surface area contributed by atoms with Crippen LogP contribution in [0.15, 0.2) is 21.6 Å². The fraction of sp³-hybridized carbons (Fsp3) is 0.308. The third-order valence-electron chi connectivity index (χ3n) is 3.19. The lowest BCUT2D eigenvalue weighted by Gasteiger charge is -2.10. The van der Waals surface area contributed by atoms with Gasteiger partial charge in [-0.1, -0.05) is 16.8 Å². The molecule has 0 atom stereocenters. The van der Waals surface area contributed by atoms with Crippen molar-refractivity contribution >= 4 is 27.3 Å². The van der Waals surface area contributed by atoms with Crippen LogP contribution in [0, 0.1) is 20.8 Å². The molecule has 0 aliphatic carbocycles. The molecule has 3 N–H and O–H groups in total. The van der Waals surface area contributed by atoms with E-state index >= 15 is 0 Å². The molecule has 0 bridgehead atoms. The van der Waals surface area contributed by atoms with E-state index in [0.717, 1.165) is 5.56 Å². The summed E-state index contributed by atoms with van der Waals surface area (Å²) in [6, 6.07) is 2.82. The number of nitrogen functional groups attached to an aromatic ring is 1. The summed E-state index contributed by atoms with van der Waals surface area (Å²) < 4.78 is 32.1. The van der Waals surface area contributed by atoms with Crippen LogP contribution >= 0.6 is 11.6 Å². The highest BCUT2D eigenvalue weighted by molar-refractivity contribution is 7.89. The number of aromatic nitrogens is 1. The highest BCUT2D eigenvalue weighted by atomic mass is 35.5. The standard InChI is InChI=1S/C13H16ClN3O3S/c1-7-4-10(5-12(15)13(7)14)21(18,19)16-6-11-8(2)17-20-9(11)3/h4-5,16H,6,15H2,1-3H3. The molecule has 21 heavy (non-hydrogen) atoms. The van der Waals surface area contributed by atoms with Crippen molar-refractivity contribution in [1.29, 1.82) is 0 Å². The zero-order chi connectivity index (χ0) is 15.8. The van der Waals surface area contributed by atoms with Crippen LogP contribution < -0.4 is 10.5 Å². The Morgan fingerprint density at radius 1 is 1.33 bits per heavy atom. The summed E-state index contributed by atoms with van der Waals surface area (Å²) >= 11 is 5.94. The second kappa shape index (κ2) is 5.67.